The quantitative estimate of drug-likeness (QED) is 0.880. The summed E-state index contributed by atoms with van der Waals surface area (Å²) in [6.07, 6.45) is 0.370. The standard InChI is InChI=1S/C14H18N2O3/c1-3-15(2)14(19)16-9-11-7-5-4-6-10(11)8-12(16)13(17)18/h4-7,12H,3,8-9H2,1-2H3,(H,17,18)/t12-/m1/s1. The highest BCUT2D eigenvalue weighted by molar-refractivity contribution is 5.83. The summed E-state index contributed by atoms with van der Waals surface area (Å²) in [5.41, 5.74) is 2.04. The number of hydrogen-bond donors (Lipinski definition) is 1. The Labute approximate surface area is 112 Å². The second-order valence-electron chi connectivity index (χ2n) is 4.75. The molecule has 5 nitrogen and oxygen atoms in total. The molecule has 1 heterocycles. The van der Waals surface area contributed by atoms with Gasteiger partial charge >= 0.3 is 12.0 Å². The minimum atomic E-state index is -0.952. The molecule has 1 aromatic rings. The van der Waals surface area contributed by atoms with Crippen molar-refractivity contribution < 1.29 is 14.7 Å². The Bertz CT molecular complexity index is 501. The molecule has 1 atom stereocenters. The van der Waals surface area contributed by atoms with Crippen molar-refractivity contribution in [2.24, 2.45) is 0 Å². The molecule has 5 heteroatoms. The largest absolute Gasteiger partial charge is 0.480 e. The van der Waals surface area contributed by atoms with Gasteiger partial charge in [-0.1, -0.05) is 24.3 Å². The highest BCUT2D eigenvalue weighted by Crippen LogP contribution is 2.24. The maximum Gasteiger partial charge on any atom is 0.326 e. The Morgan fingerprint density at radius 1 is 1.37 bits per heavy atom. The highest BCUT2D eigenvalue weighted by Gasteiger charge is 2.35. The van der Waals surface area contributed by atoms with Crippen molar-refractivity contribution in [2.75, 3.05) is 13.6 Å². The zero-order valence-electron chi connectivity index (χ0n) is 11.2. The molecule has 1 aliphatic heterocycles. The smallest absolute Gasteiger partial charge is 0.326 e. The number of carbonyl (C=O) groups excluding carboxylic acids is 1. The Morgan fingerprint density at radius 2 is 2.00 bits per heavy atom. The first-order valence-electron chi connectivity index (χ1n) is 6.36. The number of fused-ring (bicyclic) bond motifs is 1. The summed E-state index contributed by atoms with van der Waals surface area (Å²) in [5, 5.41) is 9.33. The van der Waals surface area contributed by atoms with Crippen molar-refractivity contribution in [3.63, 3.8) is 0 Å². The maximum atomic E-state index is 12.2. The average molecular weight is 262 g/mol. The zero-order chi connectivity index (χ0) is 14.0. The maximum absolute atomic E-state index is 12.2. The number of nitrogens with zero attached hydrogens (tertiary/aromatic N) is 2. The van der Waals surface area contributed by atoms with Crippen LogP contribution in [0.2, 0.25) is 0 Å². The van der Waals surface area contributed by atoms with Crippen molar-refractivity contribution in [1.82, 2.24) is 9.80 Å². The summed E-state index contributed by atoms with van der Waals surface area (Å²) in [4.78, 5) is 26.6. The summed E-state index contributed by atoms with van der Waals surface area (Å²) in [5.74, 6) is -0.952. The summed E-state index contributed by atoms with van der Waals surface area (Å²) in [6, 6.07) is 6.66. The van der Waals surface area contributed by atoms with Gasteiger partial charge in [0, 0.05) is 26.6 Å². The van der Waals surface area contributed by atoms with Crippen molar-refractivity contribution in [3.05, 3.63) is 35.4 Å². The van der Waals surface area contributed by atoms with Crippen molar-refractivity contribution in [3.8, 4) is 0 Å². The van der Waals surface area contributed by atoms with Gasteiger partial charge < -0.3 is 14.9 Å². The molecule has 0 bridgehead atoms. The fraction of sp³-hybridized carbons (Fsp3) is 0.429. The number of rotatable bonds is 2. The SMILES string of the molecule is CCN(C)C(=O)N1Cc2ccccc2C[C@@H]1C(=O)O. The third-order valence-corrected chi connectivity index (χ3v) is 3.58. The molecule has 102 valence electrons. The molecule has 0 radical (unpaired) electrons. The number of benzene rings is 1. The van der Waals surface area contributed by atoms with Gasteiger partial charge in [-0.25, -0.2) is 9.59 Å². The number of carboxylic acids is 1. The molecular weight excluding hydrogens is 244 g/mol. The Hall–Kier alpha value is -2.04. The van der Waals surface area contributed by atoms with Gasteiger partial charge in [-0.15, -0.1) is 0 Å². The highest BCUT2D eigenvalue weighted by atomic mass is 16.4. The van der Waals surface area contributed by atoms with E-state index in [0.29, 0.717) is 19.5 Å². The molecule has 0 aromatic heterocycles. The number of urea groups is 1. The van der Waals surface area contributed by atoms with E-state index in [2.05, 4.69) is 0 Å². The van der Waals surface area contributed by atoms with Gasteiger partial charge in [0.2, 0.25) is 0 Å². The lowest BCUT2D eigenvalue weighted by Gasteiger charge is -2.36. The normalized spacial score (nSPS) is 17.8. The van der Waals surface area contributed by atoms with Gasteiger partial charge in [-0.3, -0.25) is 0 Å². The Balaban J connectivity index is 2.31. The fourth-order valence-corrected chi connectivity index (χ4v) is 2.30. The summed E-state index contributed by atoms with van der Waals surface area (Å²) >= 11 is 0. The minimum absolute atomic E-state index is 0.232. The fourth-order valence-electron chi connectivity index (χ4n) is 2.30. The number of hydrogen-bond acceptors (Lipinski definition) is 2. The van der Waals surface area contributed by atoms with Crippen LogP contribution in [0.1, 0.15) is 18.1 Å². The molecule has 0 saturated carbocycles. The predicted octanol–water partition coefficient (Wildman–Crippen LogP) is 1.57. The van der Waals surface area contributed by atoms with E-state index in [4.69, 9.17) is 0 Å². The first kappa shape index (κ1) is 13.4. The van der Waals surface area contributed by atoms with Crippen LogP contribution < -0.4 is 0 Å². The third kappa shape index (κ3) is 2.54. The van der Waals surface area contributed by atoms with Crippen molar-refractivity contribution in [1.29, 1.82) is 0 Å². The molecule has 1 N–H and O–H groups in total. The van der Waals surface area contributed by atoms with Crippen LogP contribution in [0.15, 0.2) is 24.3 Å². The van der Waals surface area contributed by atoms with Crippen molar-refractivity contribution in [2.45, 2.75) is 25.9 Å². The molecule has 0 fully saturated rings. The van der Waals surface area contributed by atoms with Gasteiger partial charge in [0.15, 0.2) is 0 Å². The van der Waals surface area contributed by atoms with Gasteiger partial charge in [0.05, 0.1) is 0 Å². The van der Waals surface area contributed by atoms with E-state index in [-0.39, 0.29) is 6.03 Å². The third-order valence-electron chi connectivity index (χ3n) is 3.58. The molecule has 0 spiro atoms. The van der Waals surface area contributed by atoms with E-state index in [0.717, 1.165) is 11.1 Å². The van der Waals surface area contributed by atoms with Crippen LogP contribution in [-0.4, -0.2) is 46.5 Å². The number of carboxylic acid groups (broad SMARTS) is 1. The number of amides is 2. The second kappa shape index (κ2) is 5.30. The van der Waals surface area contributed by atoms with Crippen LogP contribution in [0.3, 0.4) is 0 Å². The van der Waals surface area contributed by atoms with Crippen LogP contribution in [0.25, 0.3) is 0 Å². The van der Waals surface area contributed by atoms with Crippen LogP contribution in [0, 0.1) is 0 Å². The molecule has 0 unspecified atom stereocenters. The van der Waals surface area contributed by atoms with Crippen LogP contribution in [0.4, 0.5) is 4.79 Å². The number of carbonyl (C=O) groups is 2. The van der Waals surface area contributed by atoms with Crippen LogP contribution in [0.5, 0.6) is 0 Å². The molecule has 0 saturated heterocycles. The van der Waals surface area contributed by atoms with E-state index < -0.39 is 12.0 Å². The second-order valence-corrected chi connectivity index (χ2v) is 4.75. The van der Waals surface area contributed by atoms with E-state index in [1.54, 1.807) is 7.05 Å². The van der Waals surface area contributed by atoms with Gasteiger partial charge in [-0.2, -0.15) is 0 Å². The summed E-state index contributed by atoms with van der Waals surface area (Å²) in [7, 11) is 1.68. The molecule has 2 rings (SSSR count). The molecule has 1 aromatic carbocycles. The Kier molecular flexibility index (Phi) is 3.74. The number of aliphatic carboxylic acids is 1. The first-order valence-corrected chi connectivity index (χ1v) is 6.36. The monoisotopic (exact) mass is 262 g/mol. The molecular formula is C14H18N2O3. The lowest BCUT2D eigenvalue weighted by Crippen LogP contribution is -2.52. The van der Waals surface area contributed by atoms with Crippen LogP contribution >= 0.6 is 0 Å². The summed E-state index contributed by atoms with van der Waals surface area (Å²) in [6.45, 7) is 2.78. The summed E-state index contributed by atoms with van der Waals surface area (Å²) < 4.78 is 0. The first-order chi connectivity index (χ1) is 9.04. The molecule has 1 aliphatic rings. The Morgan fingerprint density at radius 3 is 2.58 bits per heavy atom. The van der Waals surface area contributed by atoms with Gasteiger partial charge in [0.1, 0.15) is 6.04 Å². The van der Waals surface area contributed by atoms with E-state index in [1.807, 2.05) is 31.2 Å². The average Bonchev–Trinajstić information content (AvgIpc) is 2.44. The topological polar surface area (TPSA) is 60.9 Å². The molecule has 0 aliphatic carbocycles. The van der Waals surface area contributed by atoms with Gasteiger partial charge in [-0.05, 0) is 18.1 Å². The zero-order valence-corrected chi connectivity index (χ0v) is 11.2. The van der Waals surface area contributed by atoms with E-state index in [9.17, 15) is 14.7 Å². The van der Waals surface area contributed by atoms with E-state index in [1.165, 1.54) is 9.80 Å². The van der Waals surface area contributed by atoms with Crippen molar-refractivity contribution >= 4 is 12.0 Å². The minimum Gasteiger partial charge on any atom is -0.480 e. The van der Waals surface area contributed by atoms with Crippen LogP contribution in [-0.2, 0) is 17.8 Å². The lowest BCUT2D eigenvalue weighted by molar-refractivity contribution is -0.142. The molecule has 19 heavy (non-hydrogen) atoms. The molecule has 2 amide bonds. The predicted molar refractivity (Wildman–Crippen MR) is 70.8 cm³/mol. The lowest BCUT2D eigenvalue weighted by atomic mass is 9.94. The van der Waals surface area contributed by atoms with E-state index >= 15 is 0 Å². The van der Waals surface area contributed by atoms with Gasteiger partial charge in [0.25, 0.3) is 0 Å².